The fourth-order valence-corrected chi connectivity index (χ4v) is 5.13. The number of fused-ring (bicyclic) bond motifs is 1. The predicted octanol–water partition coefficient (Wildman–Crippen LogP) is 6.79. The maximum absolute atomic E-state index is 12.5. The van der Waals surface area contributed by atoms with Crippen LogP contribution in [0.4, 0.5) is 0 Å². The Bertz CT molecular complexity index is 1080. The third kappa shape index (κ3) is 4.84. The molecule has 0 aliphatic carbocycles. The van der Waals surface area contributed by atoms with Crippen LogP contribution in [0, 0.1) is 0 Å². The van der Waals surface area contributed by atoms with E-state index in [9.17, 15) is 9.59 Å². The lowest BCUT2D eigenvalue weighted by molar-refractivity contribution is 0.101. The monoisotopic (exact) mass is 428 g/mol. The van der Waals surface area contributed by atoms with Gasteiger partial charge in [0.25, 0.3) is 0 Å². The molecule has 4 rings (SSSR count). The van der Waals surface area contributed by atoms with Gasteiger partial charge in [-0.2, -0.15) is 0 Å². The molecule has 0 heterocycles. The lowest BCUT2D eigenvalue weighted by Gasteiger charge is -2.10. The second-order valence-corrected chi connectivity index (χ2v) is 8.80. The largest absolute Gasteiger partial charge is 0.293 e. The molecular formula is C26H20O2S2. The van der Waals surface area contributed by atoms with Crippen LogP contribution in [0.1, 0.15) is 20.7 Å². The first-order chi connectivity index (χ1) is 14.7. The number of thioether (sulfide) groups is 2. The molecule has 0 saturated heterocycles. The molecule has 0 aliphatic rings. The first-order valence-corrected chi connectivity index (χ1v) is 11.6. The van der Waals surface area contributed by atoms with Crippen molar-refractivity contribution in [3.05, 3.63) is 108 Å². The van der Waals surface area contributed by atoms with Gasteiger partial charge in [0.05, 0.1) is 11.5 Å². The zero-order valence-corrected chi connectivity index (χ0v) is 17.9. The Hall–Kier alpha value is -2.82. The summed E-state index contributed by atoms with van der Waals surface area (Å²) in [5.41, 5.74) is 1.47. The quantitative estimate of drug-likeness (QED) is 0.229. The van der Waals surface area contributed by atoms with Gasteiger partial charge in [0.2, 0.25) is 0 Å². The zero-order chi connectivity index (χ0) is 20.8. The molecule has 4 aromatic rings. The summed E-state index contributed by atoms with van der Waals surface area (Å²) in [6, 6.07) is 31.1. The van der Waals surface area contributed by atoms with Crippen LogP contribution in [-0.2, 0) is 0 Å². The summed E-state index contributed by atoms with van der Waals surface area (Å²) in [6.45, 7) is 0. The number of rotatable bonds is 8. The molecule has 0 bridgehead atoms. The fourth-order valence-electron chi connectivity index (χ4n) is 3.21. The van der Waals surface area contributed by atoms with Gasteiger partial charge < -0.3 is 0 Å². The highest BCUT2D eigenvalue weighted by molar-refractivity contribution is 8.00. The first-order valence-electron chi connectivity index (χ1n) is 9.66. The molecule has 0 fully saturated rings. The van der Waals surface area contributed by atoms with E-state index in [4.69, 9.17) is 0 Å². The molecule has 0 atom stereocenters. The van der Waals surface area contributed by atoms with Gasteiger partial charge in [-0.1, -0.05) is 84.9 Å². The van der Waals surface area contributed by atoms with Crippen LogP contribution in [0.15, 0.2) is 107 Å². The summed E-state index contributed by atoms with van der Waals surface area (Å²) in [5.74, 6) is 1.04. The van der Waals surface area contributed by atoms with Gasteiger partial charge in [-0.3, -0.25) is 9.59 Å². The van der Waals surface area contributed by atoms with E-state index in [2.05, 4.69) is 24.3 Å². The highest BCUT2D eigenvalue weighted by atomic mass is 32.2. The number of hydrogen-bond acceptors (Lipinski definition) is 4. The van der Waals surface area contributed by atoms with Crippen molar-refractivity contribution in [2.24, 2.45) is 0 Å². The van der Waals surface area contributed by atoms with Crippen molar-refractivity contribution >= 4 is 45.9 Å². The van der Waals surface area contributed by atoms with Crippen molar-refractivity contribution in [2.75, 3.05) is 11.5 Å². The van der Waals surface area contributed by atoms with Crippen LogP contribution in [-0.4, -0.2) is 23.1 Å². The number of ketones is 2. The maximum Gasteiger partial charge on any atom is 0.173 e. The number of carbonyl (C=O) groups excluding carboxylic acids is 2. The minimum absolute atomic E-state index is 0.122. The second kappa shape index (κ2) is 9.79. The van der Waals surface area contributed by atoms with Gasteiger partial charge in [0.15, 0.2) is 11.6 Å². The number of carbonyl (C=O) groups is 2. The molecule has 0 spiro atoms. The maximum atomic E-state index is 12.5. The molecule has 0 aromatic heterocycles. The van der Waals surface area contributed by atoms with Crippen molar-refractivity contribution in [2.45, 2.75) is 9.79 Å². The summed E-state index contributed by atoms with van der Waals surface area (Å²) >= 11 is 3.11. The Kier molecular flexibility index (Phi) is 6.67. The Balaban J connectivity index is 1.50. The normalized spacial score (nSPS) is 10.8. The van der Waals surface area contributed by atoms with E-state index in [0.29, 0.717) is 11.5 Å². The Morgan fingerprint density at radius 3 is 1.30 bits per heavy atom. The first kappa shape index (κ1) is 20.5. The van der Waals surface area contributed by atoms with Crippen molar-refractivity contribution in [1.29, 1.82) is 0 Å². The van der Waals surface area contributed by atoms with Crippen molar-refractivity contribution in [3.8, 4) is 0 Å². The molecule has 4 aromatic carbocycles. The molecule has 0 unspecified atom stereocenters. The topological polar surface area (TPSA) is 34.1 Å². The molecule has 0 saturated carbocycles. The Morgan fingerprint density at radius 1 is 0.500 bits per heavy atom. The van der Waals surface area contributed by atoms with Gasteiger partial charge >= 0.3 is 0 Å². The van der Waals surface area contributed by atoms with E-state index in [1.807, 2.05) is 72.8 Å². The van der Waals surface area contributed by atoms with Crippen LogP contribution in [0.5, 0.6) is 0 Å². The molecule has 0 N–H and O–H groups in total. The van der Waals surface area contributed by atoms with Crippen LogP contribution >= 0.6 is 23.5 Å². The molecule has 4 heteroatoms. The van der Waals surface area contributed by atoms with E-state index in [1.165, 1.54) is 0 Å². The molecule has 0 aliphatic heterocycles. The molecular weight excluding hydrogens is 408 g/mol. The van der Waals surface area contributed by atoms with E-state index < -0.39 is 0 Å². The average molecular weight is 429 g/mol. The van der Waals surface area contributed by atoms with Crippen molar-refractivity contribution in [1.82, 2.24) is 0 Å². The lowest BCUT2D eigenvalue weighted by atomic mass is 10.1. The summed E-state index contributed by atoms with van der Waals surface area (Å²) in [7, 11) is 0. The van der Waals surface area contributed by atoms with E-state index in [-0.39, 0.29) is 11.6 Å². The van der Waals surface area contributed by atoms with E-state index in [1.54, 1.807) is 23.5 Å². The second-order valence-electron chi connectivity index (χ2n) is 6.76. The van der Waals surface area contributed by atoms with E-state index in [0.717, 1.165) is 31.7 Å². The van der Waals surface area contributed by atoms with E-state index >= 15 is 0 Å². The Labute approximate surface area is 184 Å². The predicted molar refractivity (Wildman–Crippen MR) is 127 cm³/mol. The summed E-state index contributed by atoms with van der Waals surface area (Å²) in [4.78, 5) is 27.1. The van der Waals surface area contributed by atoms with Gasteiger partial charge in [-0.25, -0.2) is 0 Å². The molecule has 148 valence electrons. The minimum atomic E-state index is 0.122. The summed E-state index contributed by atoms with van der Waals surface area (Å²) < 4.78 is 0. The van der Waals surface area contributed by atoms with Crippen LogP contribution < -0.4 is 0 Å². The highest BCUT2D eigenvalue weighted by Crippen LogP contribution is 2.34. The van der Waals surface area contributed by atoms with Gasteiger partial charge in [-0.15, -0.1) is 23.5 Å². The SMILES string of the molecule is O=C(CSc1cccc2c(SCC(=O)c3ccccc3)cccc12)c1ccccc1. The summed E-state index contributed by atoms with van der Waals surface area (Å²) in [6.07, 6.45) is 0. The molecule has 30 heavy (non-hydrogen) atoms. The van der Waals surface area contributed by atoms with Gasteiger partial charge in [0.1, 0.15) is 0 Å². The van der Waals surface area contributed by atoms with Gasteiger partial charge in [0, 0.05) is 20.9 Å². The number of benzene rings is 4. The lowest BCUT2D eigenvalue weighted by Crippen LogP contribution is -2.02. The van der Waals surface area contributed by atoms with Crippen molar-refractivity contribution in [3.63, 3.8) is 0 Å². The smallest absolute Gasteiger partial charge is 0.173 e. The van der Waals surface area contributed by atoms with Gasteiger partial charge in [-0.05, 0) is 22.9 Å². The van der Waals surface area contributed by atoms with Crippen LogP contribution in [0.3, 0.4) is 0 Å². The molecule has 2 nitrogen and oxygen atoms in total. The third-order valence-corrected chi connectivity index (χ3v) is 6.90. The third-order valence-electron chi connectivity index (χ3n) is 4.75. The zero-order valence-electron chi connectivity index (χ0n) is 16.3. The highest BCUT2D eigenvalue weighted by Gasteiger charge is 2.11. The van der Waals surface area contributed by atoms with Crippen LogP contribution in [0.2, 0.25) is 0 Å². The number of hydrogen-bond donors (Lipinski definition) is 0. The Morgan fingerprint density at radius 2 is 0.900 bits per heavy atom. The number of Topliss-reactive ketones (excluding diaryl/α,β-unsaturated/α-hetero) is 2. The molecule has 0 radical (unpaired) electrons. The molecule has 0 amide bonds. The van der Waals surface area contributed by atoms with Crippen molar-refractivity contribution < 1.29 is 9.59 Å². The fraction of sp³-hybridized carbons (Fsp3) is 0.0769. The van der Waals surface area contributed by atoms with Crippen LogP contribution in [0.25, 0.3) is 10.8 Å². The minimum Gasteiger partial charge on any atom is -0.293 e. The standard InChI is InChI=1S/C26H20O2S2/c27-23(19-9-3-1-4-10-19)17-29-25-15-7-14-22-21(25)13-8-16-26(22)30-18-24(28)20-11-5-2-6-12-20/h1-16H,17-18H2. The average Bonchev–Trinajstić information content (AvgIpc) is 2.82. The summed E-state index contributed by atoms with van der Waals surface area (Å²) in [5, 5.41) is 2.22.